The Morgan fingerprint density at radius 1 is 1.21 bits per heavy atom. The Bertz CT molecular complexity index is 798. The number of rotatable bonds is 6. The summed E-state index contributed by atoms with van der Waals surface area (Å²) in [6, 6.07) is 15.4. The molecule has 122 valence electrons. The predicted molar refractivity (Wildman–Crippen MR) is 96.6 cm³/mol. The summed E-state index contributed by atoms with van der Waals surface area (Å²) >= 11 is 1.70. The summed E-state index contributed by atoms with van der Waals surface area (Å²) in [6.07, 6.45) is 2.45. The van der Waals surface area contributed by atoms with Crippen molar-refractivity contribution < 1.29 is 9.53 Å². The monoisotopic (exact) mass is 338 g/mol. The molecule has 2 heterocycles. The van der Waals surface area contributed by atoms with E-state index in [9.17, 15) is 4.79 Å². The molecule has 0 saturated carbocycles. The molecule has 0 saturated heterocycles. The molecule has 0 spiro atoms. The van der Waals surface area contributed by atoms with Crippen molar-refractivity contribution in [3.8, 4) is 17.0 Å². The average molecular weight is 338 g/mol. The molecule has 1 N–H and O–H groups in total. The minimum absolute atomic E-state index is 0.101. The lowest BCUT2D eigenvalue weighted by Crippen LogP contribution is -2.25. The fraction of sp³-hybridized carbons (Fsp3) is 0.158. The van der Waals surface area contributed by atoms with Crippen molar-refractivity contribution in [2.45, 2.75) is 6.42 Å². The number of pyridine rings is 1. The number of carbonyl (C=O) groups excluding carboxylic acids is 1. The van der Waals surface area contributed by atoms with Gasteiger partial charge in [0, 0.05) is 23.2 Å². The number of carbonyl (C=O) groups is 1. The second kappa shape index (κ2) is 7.75. The third-order valence-electron chi connectivity index (χ3n) is 3.63. The first-order chi connectivity index (χ1) is 11.8. The van der Waals surface area contributed by atoms with E-state index in [-0.39, 0.29) is 5.91 Å². The molecule has 0 bridgehead atoms. The molecule has 0 fully saturated rings. The largest absolute Gasteiger partial charge is 0.497 e. The molecule has 0 radical (unpaired) electrons. The van der Waals surface area contributed by atoms with E-state index in [4.69, 9.17) is 4.74 Å². The lowest BCUT2D eigenvalue weighted by molar-refractivity contribution is 0.0954. The van der Waals surface area contributed by atoms with Crippen LogP contribution in [0, 0.1) is 0 Å². The Balaban J connectivity index is 1.62. The van der Waals surface area contributed by atoms with Crippen LogP contribution >= 0.6 is 11.3 Å². The van der Waals surface area contributed by atoms with Gasteiger partial charge in [0.25, 0.3) is 5.91 Å². The fourth-order valence-corrected chi connectivity index (χ4v) is 3.05. The zero-order valence-electron chi connectivity index (χ0n) is 13.4. The van der Waals surface area contributed by atoms with Crippen LogP contribution in [0.5, 0.6) is 5.75 Å². The maximum atomic E-state index is 12.2. The summed E-state index contributed by atoms with van der Waals surface area (Å²) in [7, 11) is 1.64. The van der Waals surface area contributed by atoms with E-state index in [0.29, 0.717) is 12.1 Å². The van der Waals surface area contributed by atoms with Gasteiger partial charge in [-0.05, 0) is 42.1 Å². The maximum absolute atomic E-state index is 12.2. The van der Waals surface area contributed by atoms with Crippen molar-refractivity contribution >= 4 is 17.2 Å². The number of hydrogen-bond donors (Lipinski definition) is 1. The van der Waals surface area contributed by atoms with Crippen LogP contribution in [-0.4, -0.2) is 24.5 Å². The van der Waals surface area contributed by atoms with E-state index in [1.807, 2.05) is 41.8 Å². The van der Waals surface area contributed by atoms with Gasteiger partial charge in [-0.25, -0.2) is 0 Å². The number of nitrogens with zero attached hydrogens (tertiary/aromatic N) is 1. The zero-order valence-corrected chi connectivity index (χ0v) is 14.2. The third kappa shape index (κ3) is 4.00. The molecule has 3 aromatic rings. The molecule has 1 amide bonds. The van der Waals surface area contributed by atoms with Crippen molar-refractivity contribution in [3.63, 3.8) is 0 Å². The van der Waals surface area contributed by atoms with Gasteiger partial charge >= 0.3 is 0 Å². The molecule has 4 nitrogen and oxygen atoms in total. The molecular formula is C19H18N2O2S. The summed E-state index contributed by atoms with van der Waals surface area (Å²) < 4.78 is 5.22. The van der Waals surface area contributed by atoms with Crippen molar-refractivity contribution in [2.24, 2.45) is 0 Å². The van der Waals surface area contributed by atoms with Gasteiger partial charge < -0.3 is 10.1 Å². The van der Waals surface area contributed by atoms with Gasteiger partial charge in [-0.3, -0.25) is 9.78 Å². The molecule has 0 atom stereocenters. The maximum Gasteiger partial charge on any atom is 0.252 e. The summed E-state index contributed by atoms with van der Waals surface area (Å²) in [6.45, 7) is 0.622. The normalized spacial score (nSPS) is 10.4. The molecule has 24 heavy (non-hydrogen) atoms. The van der Waals surface area contributed by atoms with E-state index in [2.05, 4.69) is 16.4 Å². The first-order valence-electron chi connectivity index (χ1n) is 7.67. The highest BCUT2D eigenvalue weighted by Gasteiger charge is 2.07. The van der Waals surface area contributed by atoms with Gasteiger partial charge in [0.1, 0.15) is 5.75 Å². The number of aromatic nitrogens is 1. The van der Waals surface area contributed by atoms with Gasteiger partial charge in [-0.2, -0.15) is 0 Å². The van der Waals surface area contributed by atoms with E-state index < -0.39 is 0 Å². The number of ether oxygens (including phenoxy) is 1. The van der Waals surface area contributed by atoms with E-state index in [0.717, 1.165) is 23.4 Å². The van der Waals surface area contributed by atoms with Crippen molar-refractivity contribution in [1.29, 1.82) is 0 Å². The molecule has 2 aromatic heterocycles. The zero-order chi connectivity index (χ0) is 16.8. The number of thiophene rings is 1. The van der Waals surface area contributed by atoms with Crippen molar-refractivity contribution in [1.82, 2.24) is 10.3 Å². The number of methoxy groups -OCH3 is 1. The Labute approximate surface area is 145 Å². The molecule has 0 unspecified atom stereocenters. The number of hydrogen-bond acceptors (Lipinski definition) is 4. The third-order valence-corrected chi connectivity index (χ3v) is 4.56. The van der Waals surface area contributed by atoms with Crippen molar-refractivity contribution in [2.75, 3.05) is 13.7 Å². The first-order valence-corrected chi connectivity index (χ1v) is 8.55. The molecule has 0 aliphatic heterocycles. The van der Waals surface area contributed by atoms with Crippen LogP contribution in [0.2, 0.25) is 0 Å². The van der Waals surface area contributed by atoms with Crippen LogP contribution in [0.3, 0.4) is 0 Å². The highest BCUT2D eigenvalue weighted by Crippen LogP contribution is 2.22. The Morgan fingerprint density at radius 3 is 2.83 bits per heavy atom. The van der Waals surface area contributed by atoms with Gasteiger partial charge in [0.05, 0.1) is 18.4 Å². The topological polar surface area (TPSA) is 51.2 Å². The second-order valence-corrected chi connectivity index (χ2v) is 6.28. The van der Waals surface area contributed by atoms with Gasteiger partial charge in [-0.15, -0.1) is 11.3 Å². The Hall–Kier alpha value is -2.66. The van der Waals surface area contributed by atoms with E-state index in [1.165, 1.54) is 4.88 Å². The Kier molecular flexibility index (Phi) is 5.23. The minimum Gasteiger partial charge on any atom is -0.497 e. The lowest BCUT2D eigenvalue weighted by Gasteiger charge is -2.06. The average Bonchev–Trinajstić information content (AvgIpc) is 3.15. The quantitative estimate of drug-likeness (QED) is 0.744. The van der Waals surface area contributed by atoms with Gasteiger partial charge in [0.15, 0.2) is 0 Å². The molecule has 5 heteroatoms. The second-order valence-electron chi connectivity index (χ2n) is 5.25. The summed E-state index contributed by atoms with van der Waals surface area (Å²) in [5.74, 6) is 0.681. The standard InChI is InChI=1S/C19H18N2O2S/c1-23-16-5-2-4-14(12-16)18-8-7-15(13-21-18)19(22)20-10-9-17-6-3-11-24-17/h2-8,11-13H,9-10H2,1H3,(H,20,22). The summed E-state index contributed by atoms with van der Waals surface area (Å²) in [4.78, 5) is 17.8. The Morgan fingerprint density at radius 2 is 2.12 bits per heavy atom. The summed E-state index contributed by atoms with van der Waals surface area (Å²) in [5, 5.41) is 4.96. The van der Waals surface area contributed by atoms with Crippen LogP contribution in [0.4, 0.5) is 0 Å². The van der Waals surface area contributed by atoms with Crippen LogP contribution in [-0.2, 0) is 6.42 Å². The minimum atomic E-state index is -0.101. The highest BCUT2D eigenvalue weighted by molar-refractivity contribution is 7.09. The summed E-state index contributed by atoms with van der Waals surface area (Å²) in [5.41, 5.74) is 2.33. The first kappa shape index (κ1) is 16.2. The van der Waals surface area contributed by atoms with Crippen LogP contribution < -0.4 is 10.1 Å². The van der Waals surface area contributed by atoms with Crippen molar-refractivity contribution in [3.05, 3.63) is 70.5 Å². The molecule has 3 rings (SSSR count). The highest BCUT2D eigenvalue weighted by atomic mass is 32.1. The SMILES string of the molecule is COc1cccc(-c2ccc(C(=O)NCCc3cccs3)cn2)c1. The molecule has 0 aliphatic carbocycles. The molecular weight excluding hydrogens is 320 g/mol. The van der Waals surface area contributed by atoms with Crippen LogP contribution in [0.1, 0.15) is 15.2 Å². The van der Waals surface area contributed by atoms with Gasteiger partial charge in [0.2, 0.25) is 0 Å². The predicted octanol–water partition coefficient (Wildman–Crippen LogP) is 3.79. The van der Waals surface area contributed by atoms with Crippen LogP contribution in [0.25, 0.3) is 11.3 Å². The fourth-order valence-electron chi connectivity index (χ4n) is 2.34. The van der Waals surface area contributed by atoms with E-state index >= 15 is 0 Å². The molecule has 1 aromatic carbocycles. The number of amides is 1. The van der Waals surface area contributed by atoms with E-state index in [1.54, 1.807) is 30.7 Å². The lowest BCUT2D eigenvalue weighted by atomic mass is 10.1. The van der Waals surface area contributed by atoms with Crippen LogP contribution in [0.15, 0.2) is 60.1 Å². The van der Waals surface area contributed by atoms with Gasteiger partial charge in [-0.1, -0.05) is 18.2 Å². The number of benzene rings is 1. The smallest absolute Gasteiger partial charge is 0.252 e. The number of nitrogens with one attached hydrogen (secondary N) is 1. The molecule has 0 aliphatic rings.